The molecule has 0 radical (unpaired) electrons. The number of thiazole rings is 1. The first-order chi connectivity index (χ1) is 15.0. The molecule has 0 spiro atoms. The van der Waals surface area contributed by atoms with Crippen molar-refractivity contribution >= 4 is 44.1 Å². The van der Waals surface area contributed by atoms with Crippen molar-refractivity contribution in [2.45, 2.75) is 39.7 Å². The summed E-state index contributed by atoms with van der Waals surface area (Å²) in [6.45, 7) is 5.74. The van der Waals surface area contributed by atoms with Gasteiger partial charge < -0.3 is 10.2 Å². The van der Waals surface area contributed by atoms with Crippen molar-refractivity contribution in [1.82, 2.24) is 24.1 Å². The quantitative estimate of drug-likeness (QED) is 0.527. The van der Waals surface area contributed by atoms with Crippen molar-refractivity contribution in [2.75, 3.05) is 23.3 Å². The highest BCUT2D eigenvalue weighted by Crippen LogP contribution is 2.31. The Morgan fingerprint density at radius 2 is 1.87 bits per heavy atom. The summed E-state index contributed by atoms with van der Waals surface area (Å²) >= 11 is 1.50. The van der Waals surface area contributed by atoms with Crippen molar-refractivity contribution in [3.05, 3.63) is 46.1 Å². The van der Waals surface area contributed by atoms with E-state index in [-0.39, 0.29) is 12.5 Å². The summed E-state index contributed by atoms with van der Waals surface area (Å²) < 4.78 is 3.31. The first kappa shape index (κ1) is 19.7. The molecule has 1 aliphatic heterocycles. The Balaban J connectivity index is 1.44. The minimum absolute atomic E-state index is 0.174. The van der Waals surface area contributed by atoms with Gasteiger partial charge in [-0.2, -0.15) is 4.98 Å². The first-order valence-corrected chi connectivity index (χ1v) is 11.2. The number of benzene rings is 1. The fourth-order valence-corrected chi connectivity index (χ4v) is 5.08. The highest BCUT2D eigenvalue weighted by Gasteiger charge is 2.20. The number of anilines is 2. The van der Waals surface area contributed by atoms with Crippen LogP contribution >= 0.6 is 11.3 Å². The number of fused-ring (bicyclic) bond motifs is 3. The molecule has 0 aliphatic carbocycles. The van der Waals surface area contributed by atoms with Crippen molar-refractivity contribution < 1.29 is 4.79 Å². The highest BCUT2D eigenvalue weighted by molar-refractivity contribution is 7.22. The van der Waals surface area contributed by atoms with Crippen LogP contribution in [0.1, 0.15) is 30.4 Å². The molecule has 10 heteroatoms. The molecule has 1 saturated heterocycles. The van der Waals surface area contributed by atoms with Gasteiger partial charge in [0.25, 0.3) is 0 Å². The molecule has 5 rings (SSSR count). The Morgan fingerprint density at radius 3 is 2.61 bits per heavy atom. The predicted octanol–water partition coefficient (Wildman–Crippen LogP) is 2.75. The molecule has 1 aliphatic rings. The van der Waals surface area contributed by atoms with Gasteiger partial charge in [0.15, 0.2) is 16.4 Å². The lowest BCUT2D eigenvalue weighted by Gasteiger charge is -2.25. The number of nitrogens with zero attached hydrogens (tertiary/aromatic N) is 6. The molecule has 9 nitrogen and oxygen atoms in total. The molecule has 3 aromatic heterocycles. The molecule has 0 atom stereocenters. The lowest BCUT2D eigenvalue weighted by Crippen LogP contribution is -2.29. The Bertz CT molecular complexity index is 1330. The standard InChI is InChI=1S/C21H23N7O2S/c1-13-8-14(2)10-15(9-13)23-16(29)11-28-21(30)27-12-22-18-17(19(27)25-28)31-20(24-18)26-6-4-3-5-7-26/h8-10,12H,3-7,11H2,1-2H3,(H,23,29). The van der Waals surface area contributed by atoms with E-state index in [1.165, 1.54) is 33.2 Å². The van der Waals surface area contributed by atoms with Crippen molar-refractivity contribution in [1.29, 1.82) is 0 Å². The Kier molecular flexibility index (Phi) is 4.93. The van der Waals surface area contributed by atoms with Crippen LogP contribution < -0.4 is 15.9 Å². The summed E-state index contributed by atoms with van der Waals surface area (Å²) in [4.78, 5) is 36.6. The third kappa shape index (κ3) is 3.78. The number of carbonyl (C=O) groups excluding carboxylic acids is 1. The van der Waals surface area contributed by atoms with Gasteiger partial charge in [0.1, 0.15) is 17.6 Å². The summed E-state index contributed by atoms with van der Waals surface area (Å²) in [5.41, 5.74) is 3.49. The average Bonchev–Trinajstić information content (AvgIpc) is 3.30. The lowest BCUT2D eigenvalue weighted by atomic mass is 10.1. The average molecular weight is 438 g/mol. The van der Waals surface area contributed by atoms with Gasteiger partial charge in [-0.3, -0.25) is 4.79 Å². The van der Waals surface area contributed by atoms with Crippen LogP contribution in [-0.2, 0) is 11.3 Å². The topological polar surface area (TPSA) is 97.4 Å². The van der Waals surface area contributed by atoms with Gasteiger partial charge in [-0.15, -0.1) is 5.10 Å². The van der Waals surface area contributed by atoms with Crippen LogP contribution in [0.3, 0.4) is 0 Å². The fraction of sp³-hybridized carbons (Fsp3) is 0.381. The third-order valence-corrected chi connectivity index (χ3v) is 6.49. The SMILES string of the molecule is Cc1cc(C)cc(NC(=O)Cn2nc3c4sc(N5CCCCC5)nc4ncn3c2=O)c1. The van der Waals surface area contributed by atoms with Crippen molar-refractivity contribution in [3.63, 3.8) is 0 Å². The number of aryl methyl sites for hydroxylation is 2. The second kappa shape index (κ2) is 7.77. The van der Waals surface area contributed by atoms with E-state index in [2.05, 4.69) is 25.3 Å². The van der Waals surface area contributed by atoms with E-state index in [9.17, 15) is 9.59 Å². The molecule has 0 bridgehead atoms. The summed E-state index contributed by atoms with van der Waals surface area (Å²) in [6, 6.07) is 5.82. The largest absolute Gasteiger partial charge is 0.352 e. The van der Waals surface area contributed by atoms with Crippen LogP contribution in [0.5, 0.6) is 0 Å². The smallest absolute Gasteiger partial charge is 0.348 e. The van der Waals surface area contributed by atoms with Crippen molar-refractivity contribution in [2.24, 2.45) is 0 Å². The molecule has 4 heterocycles. The van der Waals surface area contributed by atoms with Crippen LogP contribution in [0.15, 0.2) is 29.3 Å². The van der Waals surface area contributed by atoms with E-state index in [4.69, 9.17) is 0 Å². The van der Waals surface area contributed by atoms with Gasteiger partial charge in [-0.25, -0.2) is 18.9 Å². The maximum atomic E-state index is 12.8. The highest BCUT2D eigenvalue weighted by atomic mass is 32.1. The van der Waals surface area contributed by atoms with E-state index >= 15 is 0 Å². The Morgan fingerprint density at radius 1 is 1.13 bits per heavy atom. The lowest BCUT2D eigenvalue weighted by molar-refractivity contribution is -0.117. The minimum atomic E-state index is -0.395. The van der Waals surface area contributed by atoms with Gasteiger partial charge >= 0.3 is 5.69 Å². The number of carbonyl (C=O) groups is 1. The molecule has 0 saturated carbocycles. The number of nitrogens with one attached hydrogen (secondary N) is 1. The zero-order valence-corrected chi connectivity index (χ0v) is 18.3. The second-order valence-electron chi connectivity index (χ2n) is 8.00. The fourth-order valence-electron chi connectivity index (χ4n) is 4.03. The number of hydrogen-bond donors (Lipinski definition) is 1. The van der Waals surface area contributed by atoms with Gasteiger partial charge in [-0.1, -0.05) is 17.4 Å². The van der Waals surface area contributed by atoms with Crippen LogP contribution in [0.2, 0.25) is 0 Å². The number of hydrogen-bond acceptors (Lipinski definition) is 7. The molecule has 1 N–H and O–H groups in total. The zero-order chi connectivity index (χ0) is 21.5. The minimum Gasteiger partial charge on any atom is -0.348 e. The van der Waals surface area contributed by atoms with Gasteiger partial charge in [0, 0.05) is 18.8 Å². The molecule has 4 aromatic rings. The molecule has 1 amide bonds. The monoisotopic (exact) mass is 437 g/mol. The molecular formula is C21H23N7O2S. The van der Waals surface area contributed by atoms with Crippen LogP contribution in [0.4, 0.5) is 10.8 Å². The summed E-state index contributed by atoms with van der Waals surface area (Å²) in [6.07, 6.45) is 4.99. The van der Waals surface area contributed by atoms with E-state index in [0.717, 1.165) is 46.9 Å². The maximum Gasteiger partial charge on any atom is 0.352 e. The van der Waals surface area contributed by atoms with E-state index in [1.807, 2.05) is 32.0 Å². The Hall–Kier alpha value is -3.27. The Labute approximate surface area is 182 Å². The summed E-state index contributed by atoms with van der Waals surface area (Å²) in [7, 11) is 0. The van der Waals surface area contributed by atoms with Crippen LogP contribution in [0, 0.1) is 13.8 Å². The van der Waals surface area contributed by atoms with Crippen molar-refractivity contribution in [3.8, 4) is 0 Å². The van der Waals surface area contributed by atoms with Crippen LogP contribution in [-0.4, -0.2) is 43.1 Å². The molecule has 1 aromatic carbocycles. The number of piperidine rings is 1. The molecule has 160 valence electrons. The van der Waals surface area contributed by atoms with Gasteiger partial charge in [0.05, 0.1) is 0 Å². The maximum absolute atomic E-state index is 12.8. The summed E-state index contributed by atoms with van der Waals surface area (Å²) in [5, 5.41) is 8.19. The molecular weight excluding hydrogens is 414 g/mol. The molecule has 1 fully saturated rings. The van der Waals surface area contributed by atoms with E-state index in [0.29, 0.717) is 17.0 Å². The van der Waals surface area contributed by atoms with Crippen LogP contribution in [0.25, 0.3) is 16.0 Å². The second-order valence-corrected chi connectivity index (χ2v) is 8.98. The molecule has 31 heavy (non-hydrogen) atoms. The normalized spacial score (nSPS) is 14.5. The predicted molar refractivity (Wildman–Crippen MR) is 121 cm³/mol. The van der Waals surface area contributed by atoms with Gasteiger partial charge in [0.2, 0.25) is 5.91 Å². The van der Waals surface area contributed by atoms with E-state index in [1.54, 1.807) is 0 Å². The zero-order valence-electron chi connectivity index (χ0n) is 17.5. The number of aromatic nitrogens is 5. The number of rotatable bonds is 4. The first-order valence-electron chi connectivity index (χ1n) is 10.4. The third-order valence-electron chi connectivity index (χ3n) is 5.39. The molecule has 0 unspecified atom stereocenters. The summed E-state index contributed by atoms with van der Waals surface area (Å²) in [5.74, 6) is -0.307. The number of amides is 1. The van der Waals surface area contributed by atoms with E-state index < -0.39 is 5.69 Å². The van der Waals surface area contributed by atoms with Gasteiger partial charge in [-0.05, 0) is 56.4 Å².